The first-order valence-electron chi connectivity index (χ1n) is 14.4. The molecule has 226 valence electrons. The van der Waals surface area contributed by atoms with Crippen molar-refractivity contribution in [2.75, 3.05) is 30.4 Å². The molecule has 1 aromatic heterocycles. The van der Waals surface area contributed by atoms with E-state index in [-0.39, 0.29) is 28.9 Å². The molecule has 7 nitrogen and oxygen atoms in total. The van der Waals surface area contributed by atoms with Crippen molar-refractivity contribution >= 4 is 23.2 Å². The van der Waals surface area contributed by atoms with Crippen molar-refractivity contribution in [3.63, 3.8) is 0 Å². The summed E-state index contributed by atoms with van der Waals surface area (Å²) in [4.78, 5) is 43.0. The van der Waals surface area contributed by atoms with E-state index in [4.69, 9.17) is 0 Å². The van der Waals surface area contributed by atoms with E-state index in [2.05, 4.69) is 10.2 Å². The third-order valence-corrected chi connectivity index (χ3v) is 8.37. The number of nitrogens with zero attached hydrogens (tertiary/aromatic N) is 3. The fraction of sp³-hybridized carbons (Fsp3) is 0.265. The van der Waals surface area contributed by atoms with Gasteiger partial charge >= 0.3 is 6.18 Å². The molecule has 2 aliphatic rings. The van der Waals surface area contributed by atoms with Crippen LogP contribution in [0, 0.1) is 5.92 Å². The molecule has 6 rings (SSSR count). The second-order valence-corrected chi connectivity index (χ2v) is 11.5. The summed E-state index contributed by atoms with van der Waals surface area (Å²) in [6, 6.07) is 24.2. The van der Waals surface area contributed by atoms with Crippen LogP contribution >= 0.6 is 0 Å². The van der Waals surface area contributed by atoms with E-state index in [1.807, 2.05) is 41.0 Å². The second-order valence-electron chi connectivity index (χ2n) is 11.5. The minimum atomic E-state index is -4.60. The van der Waals surface area contributed by atoms with E-state index in [1.165, 1.54) is 12.1 Å². The van der Waals surface area contributed by atoms with Gasteiger partial charge in [0.1, 0.15) is 0 Å². The third kappa shape index (κ3) is 5.97. The summed E-state index contributed by atoms with van der Waals surface area (Å²) < 4.78 is 42.0. The molecule has 2 bridgehead atoms. The first-order valence-corrected chi connectivity index (χ1v) is 14.4. The number of rotatable bonds is 6. The summed E-state index contributed by atoms with van der Waals surface area (Å²) in [5, 5.41) is 2.81. The maximum Gasteiger partial charge on any atom is 0.416 e. The summed E-state index contributed by atoms with van der Waals surface area (Å²) in [6.07, 6.45) is -3.67. The lowest BCUT2D eigenvalue weighted by Crippen LogP contribution is -2.47. The molecule has 3 aromatic carbocycles. The minimum Gasteiger partial charge on any atom is -0.369 e. The number of pyridine rings is 1. The van der Waals surface area contributed by atoms with Crippen LogP contribution in [0.3, 0.4) is 0 Å². The molecular formula is C34H31F3N4O3. The highest BCUT2D eigenvalue weighted by molar-refractivity contribution is 6.07. The Bertz CT molecular complexity index is 1770. The number of anilines is 2. The zero-order valence-corrected chi connectivity index (χ0v) is 24.1. The number of aromatic nitrogens is 1. The molecule has 1 saturated heterocycles. The lowest BCUT2D eigenvalue weighted by atomic mass is 9.83. The molecule has 3 heterocycles. The highest BCUT2D eigenvalue weighted by Crippen LogP contribution is 2.39. The van der Waals surface area contributed by atoms with Gasteiger partial charge in [-0.25, -0.2) is 0 Å². The molecular weight excluding hydrogens is 569 g/mol. The predicted octanol–water partition coefficient (Wildman–Crippen LogP) is 6.02. The number of hydrogen-bond acceptors (Lipinski definition) is 4. The number of nitrogens with one attached hydrogen (secondary N) is 1. The van der Waals surface area contributed by atoms with E-state index in [0.29, 0.717) is 43.1 Å². The van der Waals surface area contributed by atoms with E-state index < -0.39 is 17.6 Å². The molecule has 10 heteroatoms. The molecule has 0 radical (unpaired) electrons. The molecule has 1 N–H and O–H groups in total. The molecule has 2 aliphatic heterocycles. The van der Waals surface area contributed by atoms with Gasteiger partial charge in [-0.1, -0.05) is 42.5 Å². The van der Waals surface area contributed by atoms with Crippen molar-refractivity contribution in [2.24, 2.45) is 5.92 Å². The van der Waals surface area contributed by atoms with Gasteiger partial charge in [0.2, 0.25) is 0 Å². The number of piperidine rings is 1. The van der Waals surface area contributed by atoms with E-state index >= 15 is 0 Å². The fourth-order valence-corrected chi connectivity index (χ4v) is 6.32. The Labute approximate surface area is 252 Å². The largest absolute Gasteiger partial charge is 0.416 e. The number of carbonyl (C=O) groups excluding carboxylic acids is 2. The summed E-state index contributed by atoms with van der Waals surface area (Å²) in [5.41, 5.74) is 2.15. The Hall–Kier alpha value is -4.86. The molecule has 2 atom stereocenters. The maximum atomic E-state index is 13.5. The van der Waals surface area contributed by atoms with Gasteiger partial charge in [0.15, 0.2) is 0 Å². The molecule has 0 spiro atoms. The molecule has 4 aromatic rings. The lowest BCUT2D eigenvalue weighted by molar-refractivity contribution is -0.137. The van der Waals surface area contributed by atoms with Gasteiger partial charge < -0.3 is 19.7 Å². The average molecular weight is 601 g/mol. The zero-order valence-electron chi connectivity index (χ0n) is 24.1. The Morgan fingerprint density at radius 2 is 1.66 bits per heavy atom. The molecule has 2 unspecified atom stereocenters. The van der Waals surface area contributed by atoms with Gasteiger partial charge in [-0.05, 0) is 60.4 Å². The third-order valence-electron chi connectivity index (χ3n) is 8.37. The molecule has 1 fully saturated rings. The summed E-state index contributed by atoms with van der Waals surface area (Å²) in [6.45, 7) is 2.15. The molecule has 2 amide bonds. The van der Waals surface area contributed by atoms with Crippen molar-refractivity contribution in [3.8, 4) is 0 Å². The number of amides is 2. The Morgan fingerprint density at radius 1 is 0.886 bits per heavy atom. The van der Waals surface area contributed by atoms with Crippen LogP contribution in [0.25, 0.3) is 0 Å². The smallest absolute Gasteiger partial charge is 0.369 e. The van der Waals surface area contributed by atoms with Gasteiger partial charge in [0.25, 0.3) is 17.4 Å². The van der Waals surface area contributed by atoms with Crippen molar-refractivity contribution in [1.29, 1.82) is 0 Å². The lowest BCUT2D eigenvalue weighted by Gasteiger charge is -2.44. The number of halogens is 3. The molecule has 44 heavy (non-hydrogen) atoms. The fourth-order valence-electron chi connectivity index (χ4n) is 6.32. The van der Waals surface area contributed by atoms with E-state index in [1.54, 1.807) is 42.3 Å². The van der Waals surface area contributed by atoms with Gasteiger partial charge in [-0.2, -0.15) is 13.2 Å². The maximum absolute atomic E-state index is 13.5. The van der Waals surface area contributed by atoms with Gasteiger partial charge in [0.05, 0.1) is 16.9 Å². The summed E-state index contributed by atoms with van der Waals surface area (Å²) >= 11 is 0. The van der Waals surface area contributed by atoms with Crippen molar-refractivity contribution in [2.45, 2.75) is 31.6 Å². The first kappa shape index (κ1) is 29.2. The quantitative estimate of drug-likeness (QED) is 0.294. The van der Waals surface area contributed by atoms with Gasteiger partial charge in [-0.3, -0.25) is 14.4 Å². The summed E-state index contributed by atoms with van der Waals surface area (Å²) in [5.74, 6) is -0.708. The van der Waals surface area contributed by atoms with Crippen LogP contribution in [-0.2, 0) is 19.3 Å². The zero-order chi connectivity index (χ0) is 31.0. The molecule has 0 aliphatic carbocycles. The standard InChI is InChI=1S/C34H31F3N4O3/c1-39(18-22-7-3-2-4-8-22)33(44)25-13-14-30(28(17-25)38-32(43)24-9-5-10-27(16-24)34(35,36)37)40-19-23-15-26(21-40)29-11-6-12-31(42)41(29)20-23/h2-14,16-17,23,26H,15,18-21H2,1H3,(H,38,43). The van der Waals surface area contributed by atoms with Crippen LogP contribution in [0.1, 0.15) is 49.9 Å². The topological polar surface area (TPSA) is 74.7 Å². The number of alkyl halides is 3. The van der Waals surface area contributed by atoms with Crippen LogP contribution in [0.4, 0.5) is 24.5 Å². The Balaban J connectivity index is 1.33. The first-order chi connectivity index (χ1) is 21.1. The minimum absolute atomic E-state index is 0.0258. The predicted molar refractivity (Wildman–Crippen MR) is 162 cm³/mol. The monoisotopic (exact) mass is 600 g/mol. The molecule has 0 saturated carbocycles. The van der Waals surface area contributed by atoms with E-state index in [0.717, 1.165) is 29.8 Å². The van der Waals surface area contributed by atoms with Gasteiger partial charge in [0, 0.05) is 62.0 Å². The normalized spacial score (nSPS) is 17.5. The van der Waals surface area contributed by atoms with Crippen molar-refractivity contribution in [1.82, 2.24) is 9.47 Å². The second kappa shape index (κ2) is 11.7. The average Bonchev–Trinajstić information content (AvgIpc) is 3.01. The van der Waals surface area contributed by atoms with Crippen LogP contribution in [0.15, 0.2) is 95.8 Å². The summed E-state index contributed by atoms with van der Waals surface area (Å²) in [7, 11) is 1.69. The van der Waals surface area contributed by atoms with E-state index in [9.17, 15) is 27.6 Å². The number of hydrogen-bond donors (Lipinski definition) is 1. The van der Waals surface area contributed by atoms with Crippen LogP contribution < -0.4 is 15.8 Å². The number of carbonyl (C=O) groups is 2. The van der Waals surface area contributed by atoms with Crippen LogP contribution in [-0.4, -0.2) is 41.4 Å². The Kier molecular flexibility index (Phi) is 7.75. The van der Waals surface area contributed by atoms with Crippen molar-refractivity contribution < 1.29 is 22.8 Å². The van der Waals surface area contributed by atoms with Crippen LogP contribution in [0.2, 0.25) is 0 Å². The van der Waals surface area contributed by atoms with Crippen molar-refractivity contribution in [3.05, 3.63) is 129 Å². The van der Waals surface area contributed by atoms with Gasteiger partial charge in [-0.15, -0.1) is 0 Å². The number of benzene rings is 3. The highest BCUT2D eigenvalue weighted by Gasteiger charge is 2.36. The highest BCUT2D eigenvalue weighted by atomic mass is 19.4. The Morgan fingerprint density at radius 3 is 2.43 bits per heavy atom. The number of fused-ring (bicyclic) bond motifs is 4. The SMILES string of the molecule is CN(Cc1ccccc1)C(=O)c1ccc(N2CC3CC(C2)c2cccc(=O)n2C3)c(NC(=O)c2cccc(C(F)(F)F)c2)c1. The van der Waals surface area contributed by atoms with Crippen LogP contribution in [0.5, 0.6) is 0 Å².